The zero-order valence-electron chi connectivity index (χ0n) is 17.4. The number of nitrogens with one attached hydrogen (secondary N) is 1. The van der Waals surface area contributed by atoms with Gasteiger partial charge in [-0.15, -0.1) is 10.2 Å². The summed E-state index contributed by atoms with van der Waals surface area (Å²) < 4.78 is 14.4. The number of anilines is 1. The van der Waals surface area contributed by atoms with Crippen molar-refractivity contribution in [1.29, 1.82) is 0 Å². The highest BCUT2D eigenvalue weighted by Crippen LogP contribution is 2.23. The lowest BCUT2D eigenvalue weighted by atomic mass is 10.0. The van der Waals surface area contributed by atoms with Crippen molar-refractivity contribution < 1.29 is 14.0 Å². The summed E-state index contributed by atoms with van der Waals surface area (Å²) in [5, 5.41) is 11.3. The summed E-state index contributed by atoms with van der Waals surface area (Å²) in [6.07, 6.45) is 0.178. The van der Waals surface area contributed by atoms with Crippen LogP contribution in [0.1, 0.15) is 22.3 Å². The molecule has 0 atom stereocenters. The van der Waals surface area contributed by atoms with Crippen molar-refractivity contribution in [2.24, 2.45) is 0 Å². The molecule has 4 aromatic rings. The summed E-state index contributed by atoms with van der Waals surface area (Å²) in [5.41, 5.74) is 2.07. The van der Waals surface area contributed by atoms with Gasteiger partial charge in [-0.25, -0.2) is 9.07 Å². The number of rotatable bonds is 8. The fourth-order valence-corrected chi connectivity index (χ4v) is 3.95. The zero-order valence-corrected chi connectivity index (χ0v) is 18.3. The van der Waals surface area contributed by atoms with Gasteiger partial charge in [0, 0.05) is 28.9 Å². The molecule has 3 aromatic carbocycles. The SMILES string of the molecule is Nn1c(SCCC(=O)Nc2ccccc2C(=O)c2ccccc2)nnc1-c1ccc(F)cc1. The topological polar surface area (TPSA) is 103 Å². The minimum atomic E-state index is -0.352. The summed E-state index contributed by atoms with van der Waals surface area (Å²) in [6.45, 7) is 0. The molecule has 0 aliphatic heterocycles. The normalized spacial score (nSPS) is 10.7. The summed E-state index contributed by atoms with van der Waals surface area (Å²) in [5.74, 6) is 6.11. The third-order valence-electron chi connectivity index (χ3n) is 4.81. The van der Waals surface area contributed by atoms with Gasteiger partial charge < -0.3 is 11.2 Å². The highest BCUT2D eigenvalue weighted by Gasteiger charge is 2.16. The average Bonchev–Trinajstić information content (AvgIpc) is 3.20. The summed E-state index contributed by atoms with van der Waals surface area (Å²) in [4.78, 5) is 25.3. The number of ketones is 1. The van der Waals surface area contributed by atoms with Gasteiger partial charge in [-0.2, -0.15) is 0 Å². The van der Waals surface area contributed by atoms with E-state index in [1.54, 1.807) is 60.7 Å². The number of nitrogen functional groups attached to an aromatic ring is 1. The maximum Gasteiger partial charge on any atom is 0.225 e. The summed E-state index contributed by atoms with van der Waals surface area (Å²) in [7, 11) is 0. The predicted octanol–water partition coefficient (Wildman–Crippen LogP) is 4.15. The Hall–Kier alpha value is -3.98. The van der Waals surface area contributed by atoms with Crippen LogP contribution in [-0.2, 0) is 4.79 Å². The number of benzene rings is 3. The van der Waals surface area contributed by atoms with E-state index in [-0.39, 0.29) is 23.9 Å². The molecule has 0 fully saturated rings. The van der Waals surface area contributed by atoms with E-state index in [4.69, 9.17) is 5.84 Å². The fraction of sp³-hybridized carbons (Fsp3) is 0.0833. The van der Waals surface area contributed by atoms with Crippen molar-refractivity contribution >= 4 is 29.1 Å². The van der Waals surface area contributed by atoms with Crippen LogP contribution in [0, 0.1) is 5.82 Å². The first-order valence-corrected chi connectivity index (χ1v) is 11.1. The van der Waals surface area contributed by atoms with Gasteiger partial charge in [-0.3, -0.25) is 9.59 Å². The van der Waals surface area contributed by atoms with Gasteiger partial charge in [0.25, 0.3) is 0 Å². The molecule has 0 aliphatic carbocycles. The Kier molecular flexibility index (Phi) is 6.80. The number of hydrogen-bond acceptors (Lipinski definition) is 6. The lowest BCUT2D eigenvalue weighted by Crippen LogP contribution is -2.16. The molecule has 0 radical (unpaired) electrons. The third-order valence-corrected chi connectivity index (χ3v) is 5.75. The number of para-hydroxylation sites is 1. The van der Waals surface area contributed by atoms with Gasteiger partial charge in [0.1, 0.15) is 5.82 Å². The molecular weight excluding hydrogens is 441 g/mol. The van der Waals surface area contributed by atoms with Crippen LogP contribution in [0.4, 0.5) is 10.1 Å². The van der Waals surface area contributed by atoms with Crippen molar-refractivity contribution in [3.8, 4) is 11.4 Å². The van der Waals surface area contributed by atoms with Gasteiger partial charge in [-0.1, -0.05) is 54.2 Å². The molecule has 166 valence electrons. The molecule has 0 bridgehead atoms. The number of carbonyl (C=O) groups excluding carboxylic acids is 2. The van der Waals surface area contributed by atoms with E-state index in [1.807, 2.05) is 6.07 Å². The maximum atomic E-state index is 13.1. The Balaban J connectivity index is 1.37. The van der Waals surface area contributed by atoms with Gasteiger partial charge in [-0.05, 0) is 36.4 Å². The molecule has 1 aromatic heterocycles. The predicted molar refractivity (Wildman–Crippen MR) is 126 cm³/mol. The van der Waals surface area contributed by atoms with Crippen LogP contribution in [0.15, 0.2) is 84.0 Å². The largest absolute Gasteiger partial charge is 0.335 e. The smallest absolute Gasteiger partial charge is 0.225 e. The molecular formula is C24H20FN5O2S. The second kappa shape index (κ2) is 10.1. The number of nitrogens with two attached hydrogens (primary N) is 1. The first-order chi connectivity index (χ1) is 16.0. The van der Waals surface area contributed by atoms with Crippen molar-refractivity contribution in [1.82, 2.24) is 14.9 Å². The van der Waals surface area contributed by atoms with E-state index in [2.05, 4.69) is 15.5 Å². The zero-order chi connectivity index (χ0) is 23.2. The second-order valence-corrected chi connectivity index (χ2v) is 8.13. The Labute approximate surface area is 193 Å². The average molecular weight is 462 g/mol. The third kappa shape index (κ3) is 5.27. The van der Waals surface area contributed by atoms with Crippen molar-refractivity contribution in [3.63, 3.8) is 0 Å². The molecule has 1 heterocycles. The van der Waals surface area contributed by atoms with E-state index in [9.17, 15) is 14.0 Å². The first-order valence-electron chi connectivity index (χ1n) is 10.1. The van der Waals surface area contributed by atoms with Gasteiger partial charge >= 0.3 is 0 Å². The number of hydrogen-bond donors (Lipinski definition) is 2. The Bertz CT molecular complexity index is 1280. The summed E-state index contributed by atoms with van der Waals surface area (Å²) >= 11 is 1.27. The van der Waals surface area contributed by atoms with E-state index in [0.717, 1.165) is 0 Å². The van der Waals surface area contributed by atoms with E-state index in [0.29, 0.717) is 39.1 Å². The second-order valence-electron chi connectivity index (χ2n) is 7.07. The lowest BCUT2D eigenvalue weighted by Gasteiger charge is -2.10. The number of aromatic nitrogens is 3. The van der Waals surface area contributed by atoms with E-state index < -0.39 is 0 Å². The number of nitrogens with zero attached hydrogens (tertiary/aromatic N) is 3. The highest BCUT2D eigenvalue weighted by molar-refractivity contribution is 7.99. The van der Waals surface area contributed by atoms with Crippen LogP contribution >= 0.6 is 11.8 Å². The van der Waals surface area contributed by atoms with E-state index >= 15 is 0 Å². The molecule has 0 saturated carbocycles. The number of amides is 1. The Morgan fingerprint density at radius 1 is 0.939 bits per heavy atom. The number of carbonyl (C=O) groups is 2. The minimum Gasteiger partial charge on any atom is -0.335 e. The molecule has 3 N–H and O–H groups in total. The fourth-order valence-electron chi connectivity index (χ4n) is 3.15. The van der Waals surface area contributed by atoms with E-state index in [1.165, 1.54) is 28.6 Å². The lowest BCUT2D eigenvalue weighted by molar-refractivity contribution is -0.115. The number of halogens is 1. The van der Waals surface area contributed by atoms with Crippen LogP contribution in [0.5, 0.6) is 0 Å². The molecule has 1 amide bonds. The standard InChI is InChI=1S/C24H20FN5O2S/c25-18-12-10-17(11-13-18)23-28-29-24(30(23)26)33-15-14-21(31)27-20-9-5-4-8-19(20)22(32)16-6-2-1-3-7-16/h1-13H,14-15,26H2,(H,27,31). The molecule has 0 unspecified atom stereocenters. The minimum absolute atomic E-state index is 0.162. The van der Waals surface area contributed by atoms with Crippen LogP contribution in [0.2, 0.25) is 0 Å². The van der Waals surface area contributed by atoms with Crippen LogP contribution < -0.4 is 11.2 Å². The molecule has 4 rings (SSSR count). The molecule has 7 nitrogen and oxygen atoms in total. The van der Waals surface area contributed by atoms with Crippen molar-refractivity contribution in [2.75, 3.05) is 16.9 Å². The van der Waals surface area contributed by atoms with Crippen molar-refractivity contribution in [3.05, 3.63) is 95.8 Å². The highest BCUT2D eigenvalue weighted by atomic mass is 32.2. The van der Waals surface area contributed by atoms with Gasteiger partial charge in [0.2, 0.25) is 11.1 Å². The van der Waals surface area contributed by atoms with Crippen LogP contribution in [0.25, 0.3) is 11.4 Å². The van der Waals surface area contributed by atoms with Gasteiger partial charge in [0.15, 0.2) is 11.6 Å². The van der Waals surface area contributed by atoms with Crippen LogP contribution in [0.3, 0.4) is 0 Å². The molecule has 33 heavy (non-hydrogen) atoms. The van der Waals surface area contributed by atoms with Crippen LogP contribution in [-0.4, -0.2) is 32.3 Å². The Morgan fingerprint density at radius 3 is 2.39 bits per heavy atom. The van der Waals surface area contributed by atoms with Gasteiger partial charge in [0.05, 0.1) is 5.69 Å². The molecule has 0 aliphatic rings. The number of thioether (sulfide) groups is 1. The molecule has 9 heteroatoms. The summed E-state index contributed by atoms with van der Waals surface area (Å²) in [6, 6.07) is 21.6. The quantitative estimate of drug-likeness (QED) is 0.232. The molecule has 0 spiro atoms. The monoisotopic (exact) mass is 461 g/mol. The Morgan fingerprint density at radius 2 is 1.64 bits per heavy atom. The first kappa shape index (κ1) is 22.2. The maximum absolute atomic E-state index is 13.1. The molecule has 0 saturated heterocycles. The van der Waals surface area contributed by atoms with Crippen molar-refractivity contribution in [2.45, 2.75) is 11.6 Å².